The van der Waals surface area contributed by atoms with Gasteiger partial charge >= 0.3 is 0 Å². The van der Waals surface area contributed by atoms with Crippen molar-refractivity contribution in [2.75, 3.05) is 13.2 Å². The normalized spacial score (nSPS) is 16.7. The topological polar surface area (TPSA) is 65.4 Å². The SMILES string of the molecule is O=C(Cn1cccn1)NC[C@H]1COc2ccccc2O1. The summed E-state index contributed by atoms with van der Waals surface area (Å²) in [5, 5.41) is 6.80. The molecule has 0 fully saturated rings. The molecule has 0 spiro atoms. The first-order chi connectivity index (χ1) is 9.81. The van der Waals surface area contributed by atoms with Gasteiger partial charge in [-0.1, -0.05) is 12.1 Å². The molecular weight excluding hydrogens is 258 g/mol. The highest BCUT2D eigenvalue weighted by atomic mass is 16.6. The minimum atomic E-state index is -0.175. The number of ether oxygens (including phenoxy) is 2. The number of nitrogens with zero attached hydrogens (tertiary/aromatic N) is 2. The Morgan fingerprint density at radius 2 is 2.20 bits per heavy atom. The van der Waals surface area contributed by atoms with Gasteiger partial charge in [-0.3, -0.25) is 9.48 Å². The van der Waals surface area contributed by atoms with E-state index < -0.39 is 0 Å². The van der Waals surface area contributed by atoms with Crippen molar-refractivity contribution in [2.45, 2.75) is 12.6 Å². The van der Waals surface area contributed by atoms with E-state index in [1.54, 1.807) is 23.1 Å². The Hall–Kier alpha value is -2.50. The molecular formula is C14H15N3O3. The van der Waals surface area contributed by atoms with Gasteiger partial charge < -0.3 is 14.8 Å². The number of carbonyl (C=O) groups is 1. The molecule has 0 unspecified atom stereocenters. The monoisotopic (exact) mass is 273 g/mol. The summed E-state index contributed by atoms with van der Waals surface area (Å²) >= 11 is 0. The van der Waals surface area contributed by atoms with Gasteiger partial charge in [0, 0.05) is 12.4 Å². The highest BCUT2D eigenvalue weighted by Gasteiger charge is 2.20. The Kier molecular flexibility index (Phi) is 3.54. The number of nitrogens with one attached hydrogen (secondary N) is 1. The van der Waals surface area contributed by atoms with Crippen LogP contribution in [0.2, 0.25) is 0 Å². The van der Waals surface area contributed by atoms with Crippen molar-refractivity contribution >= 4 is 5.91 Å². The van der Waals surface area contributed by atoms with E-state index in [9.17, 15) is 4.79 Å². The predicted octanol–water partition coefficient (Wildman–Crippen LogP) is 0.839. The molecule has 1 aromatic carbocycles. The Morgan fingerprint density at radius 3 is 3.00 bits per heavy atom. The van der Waals surface area contributed by atoms with Gasteiger partial charge in [-0.15, -0.1) is 0 Å². The van der Waals surface area contributed by atoms with Gasteiger partial charge in [0.2, 0.25) is 5.91 Å². The number of aromatic nitrogens is 2. The highest BCUT2D eigenvalue weighted by Crippen LogP contribution is 2.30. The number of fused-ring (bicyclic) bond motifs is 1. The summed E-state index contributed by atoms with van der Waals surface area (Å²) in [6, 6.07) is 9.28. The molecule has 0 saturated carbocycles. The maximum absolute atomic E-state index is 11.7. The van der Waals surface area contributed by atoms with Crippen LogP contribution in [0.5, 0.6) is 11.5 Å². The fourth-order valence-electron chi connectivity index (χ4n) is 1.99. The molecule has 1 N–H and O–H groups in total. The lowest BCUT2D eigenvalue weighted by atomic mass is 10.2. The molecule has 1 amide bonds. The van der Waals surface area contributed by atoms with Gasteiger partial charge in [-0.25, -0.2) is 0 Å². The average molecular weight is 273 g/mol. The second-order valence-corrected chi connectivity index (χ2v) is 4.51. The minimum Gasteiger partial charge on any atom is -0.486 e. The Bertz CT molecular complexity index is 583. The van der Waals surface area contributed by atoms with Gasteiger partial charge in [-0.05, 0) is 18.2 Å². The largest absolute Gasteiger partial charge is 0.486 e. The van der Waals surface area contributed by atoms with E-state index in [1.807, 2.05) is 24.3 Å². The van der Waals surface area contributed by atoms with Crippen molar-refractivity contribution < 1.29 is 14.3 Å². The van der Waals surface area contributed by atoms with Crippen molar-refractivity contribution in [3.8, 4) is 11.5 Å². The quantitative estimate of drug-likeness (QED) is 0.896. The molecule has 2 aromatic rings. The number of rotatable bonds is 4. The smallest absolute Gasteiger partial charge is 0.241 e. The molecule has 3 rings (SSSR count). The van der Waals surface area contributed by atoms with Crippen LogP contribution in [0.1, 0.15) is 0 Å². The van der Waals surface area contributed by atoms with E-state index in [4.69, 9.17) is 9.47 Å². The van der Waals surface area contributed by atoms with E-state index in [1.165, 1.54) is 0 Å². The van der Waals surface area contributed by atoms with Crippen LogP contribution in [-0.2, 0) is 11.3 Å². The Balaban J connectivity index is 1.49. The molecule has 6 heteroatoms. The summed E-state index contributed by atoms with van der Waals surface area (Å²) in [5.41, 5.74) is 0. The number of hydrogen-bond acceptors (Lipinski definition) is 4. The molecule has 104 valence electrons. The van der Waals surface area contributed by atoms with E-state index in [2.05, 4.69) is 10.4 Å². The highest BCUT2D eigenvalue weighted by molar-refractivity contribution is 5.75. The summed E-state index contributed by atoms with van der Waals surface area (Å²) in [7, 11) is 0. The van der Waals surface area contributed by atoms with Crippen molar-refractivity contribution in [3.63, 3.8) is 0 Å². The lowest BCUT2D eigenvalue weighted by Gasteiger charge is -2.26. The second-order valence-electron chi connectivity index (χ2n) is 4.51. The van der Waals surface area contributed by atoms with Crippen LogP contribution in [0.15, 0.2) is 42.7 Å². The summed E-state index contributed by atoms with van der Waals surface area (Å²) in [6.45, 7) is 1.05. The molecule has 0 saturated heterocycles. The first kappa shape index (κ1) is 12.5. The fourth-order valence-corrected chi connectivity index (χ4v) is 1.99. The lowest BCUT2D eigenvalue weighted by molar-refractivity contribution is -0.122. The first-order valence-electron chi connectivity index (χ1n) is 6.44. The standard InChI is InChI=1S/C14H15N3O3/c18-14(9-17-7-3-6-16-17)15-8-11-10-19-12-4-1-2-5-13(12)20-11/h1-7,11H,8-10H2,(H,15,18)/t11-/m0/s1. The summed E-state index contributed by atoms with van der Waals surface area (Å²) in [4.78, 5) is 11.7. The lowest BCUT2D eigenvalue weighted by Crippen LogP contribution is -2.41. The molecule has 1 aromatic heterocycles. The van der Waals surface area contributed by atoms with E-state index >= 15 is 0 Å². The molecule has 0 radical (unpaired) electrons. The first-order valence-corrected chi connectivity index (χ1v) is 6.44. The summed E-state index contributed by atoms with van der Waals surface area (Å²) in [5.74, 6) is 1.35. The number of benzene rings is 1. The molecule has 0 aliphatic carbocycles. The van der Waals surface area contributed by atoms with Gasteiger partial charge in [0.25, 0.3) is 0 Å². The predicted molar refractivity (Wildman–Crippen MR) is 71.6 cm³/mol. The van der Waals surface area contributed by atoms with Gasteiger partial charge in [0.15, 0.2) is 11.5 Å². The molecule has 1 aliphatic heterocycles. The molecule has 1 aliphatic rings. The van der Waals surface area contributed by atoms with Crippen molar-refractivity contribution in [1.29, 1.82) is 0 Å². The number of hydrogen-bond donors (Lipinski definition) is 1. The van der Waals surface area contributed by atoms with Crippen LogP contribution < -0.4 is 14.8 Å². The average Bonchev–Trinajstić information content (AvgIpc) is 2.98. The third-order valence-corrected chi connectivity index (χ3v) is 2.96. The van der Waals surface area contributed by atoms with Gasteiger partial charge in [-0.2, -0.15) is 5.10 Å². The summed E-state index contributed by atoms with van der Waals surface area (Å²) in [6.07, 6.45) is 3.21. The van der Waals surface area contributed by atoms with Crippen molar-refractivity contribution in [3.05, 3.63) is 42.7 Å². The zero-order valence-corrected chi connectivity index (χ0v) is 10.9. The van der Waals surface area contributed by atoms with Crippen LogP contribution >= 0.6 is 0 Å². The second kappa shape index (κ2) is 5.64. The van der Waals surface area contributed by atoms with Crippen LogP contribution in [0.25, 0.3) is 0 Å². The third-order valence-electron chi connectivity index (χ3n) is 2.96. The van der Waals surface area contributed by atoms with Crippen LogP contribution in [0.3, 0.4) is 0 Å². The maximum Gasteiger partial charge on any atom is 0.241 e. The van der Waals surface area contributed by atoms with Crippen molar-refractivity contribution in [2.24, 2.45) is 0 Å². The minimum absolute atomic E-state index is 0.101. The Morgan fingerprint density at radius 1 is 1.35 bits per heavy atom. The number of amides is 1. The molecule has 20 heavy (non-hydrogen) atoms. The Labute approximate surface area is 116 Å². The number of para-hydroxylation sites is 2. The molecule has 2 heterocycles. The zero-order valence-electron chi connectivity index (χ0n) is 10.9. The van der Waals surface area contributed by atoms with Gasteiger partial charge in [0.1, 0.15) is 19.3 Å². The van der Waals surface area contributed by atoms with Crippen molar-refractivity contribution in [1.82, 2.24) is 15.1 Å². The van der Waals surface area contributed by atoms with E-state index in [0.29, 0.717) is 18.9 Å². The number of carbonyl (C=O) groups excluding carboxylic acids is 1. The maximum atomic E-state index is 11.7. The van der Waals surface area contributed by atoms with Crippen LogP contribution in [-0.4, -0.2) is 34.9 Å². The molecule has 0 bridgehead atoms. The zero-order chi connectivity index (χ0) is 13.8. The van der Waals surface area contributed by atoms with Crippen LogP contribution in [0, 0.1) is 0 Å². The third kappa shape index (κ3) is 2.90. The fraction of sp³-hybridized carbons (Fsp3) is 0.286. The molecule has 1 atom stereocenters. The van der Waals surface area contributed by atoms with Gasteiger partial charge in [0.05, 0.1) is 6.54 Å². The molecule has 6 nitrogen and oxygen atoms in total. The summed E-state index contributed by atoms with van der Waals surface area (Å²) < 4.78 is 12.9. The van der Waals surface area contributed by atoms with E-state index in [0.717, 1.165) is 5.75 Å². The van der Waals surface area contributed by atoms with E-state index in [-0.39, 0.29) is 18.6 Å². The van der Waals surface area contributed by atoms with Crippen LogP contribution in [0.4, 0.5) is 0 Å².